The van der Waals surface area contributed by atoms with Crippen molar-refractivity contribution in [2.45, 2.75) is 13.0 Å². The molecule has 1 aliphatic heterocycles. The van der Waals surface area contributed by atoms with Crippen LogP contribution in [0.3, 0.4) is 0 Å². The number of hydrogen-bond acceptors (Lipinski definition) is 4. The van der Waals surface area contributed by atoms with Gasteiger partial charge in [0.1, 0.15) is 6.26 Å². The average molecular weight is 167 g/mol. The summed E-state index contributed by atoms with van der Waals surface area (Å²) < 4.78 is 4.80. The van der Waals surface area contributed by atoms with Gasteiger partial charge < -0.3 is 14.7 Å². The first kappa shape index (κ1) is 7.61. The second-order valence-electron chi connectivity index (χ2n) is 3.10. The number of anilines is 1. The van der Waals surface area contributed by atoms with Crippen LogP contribution < -0.4 is 10.2 Å². The van der Waals surface area contributed by atoms with Crippen LogP contribution >= 0.6 is 0 Å². The van der Waals surface area contributed by atoms with Gasteiger partial charge in [-0.15, -0.1) is 0 Å². The highest BCUT2D eigenvalue weighted by molar-refractivity contribution is 5.37. The van der Waals surface area contributed by atoms with Crippen LogP contribution in [0.2, 0.25) is 0 Å². The minimum atomic E-state index is 0.504. The fourth-order valence-corrected chi connectivity index (χ4v) is 1.54. The predicted molar refractivity (Wildman–Crippen MR) is 46.2 cm³/mol. The van der Waals surface area contributed by atoms with Crippen LogP contribution in [0.25, 0.3) is 0 Å². The molecular weight excluding hydrogens is 154 g/mol. The van der Waals surface area contributed by atoms with E-state index in [4.69, 9.17) is 4.52 Å². The van der Waals surface area contributed by atoms with Crippen molar-refractivity contribution >= 4 is 5.82 Å². The average Bonchev–Trinajstić information content (AvgIpc) is 2.57. The summed E-state index contributed by atoms with van der Waals surface area (Å²) in [5.41, 5.74) is 0. The third-order valence-electron chi connectivity index (χ3n) is 2.22. The molecule has 1 aromatic heterocycles. The molecule has 1 atom stereocenters. The minimum Gasteiger partial charge on any atom is -0.363 e. The zero-order valence-corrected chi connectivity index (χ0v) is 7.16. The SMILES string of the molecule is CC1CNCCN1c1ccon1. The molecule has 0 aromatic carbocycles. The van der Waals surface area contributed by atoms with E-state index < -0.39 is 0 Å². The number of hydrogen-bond donors (Lipinski definition) is 1. The molecule has 4 nitrogen and oxygen atoms in total. The van der Waals surface area contributed by atoms with Crippen molar-refractivity contribution in [1.29, 1.82) is 0 Å². The van der Waals surface area contributed by atoms with Crippen LogP contribution in [0, 0.1) is 0 Å². The van der Waals surface area contributed by atoms with Crippen molar-refractivity contribution in [3.63, 3.8) is 0 Å². The molecule has 2 rings (SSSR count). The first-order chi connectivity index (χ1) is 5.88. The summed E-state index contributed by atoms with van der Waals surface area (Å²) in [7, 11) is 0. The highest BCUT2D eigenvalue weighted by Gasteiger charge is 2.19. The lowest BCUT2D eigenvalue weighted by Crippen LogP contribution is -2.50. The number of rotatable bonds is 1. The summed E-state index contributed by atoms with van der Waals surface area (Å²) in [5.74, 6) is 0.948. The molecule has 1 aliphatic rings. The highest BCUT2D eigenvalue weighted by atomic mass is 16.5. The van der Waals surface area contributed by atoms with E-state index in [-0.39, 0.29) is 0 Å². The van der Waals surface area contributed by atoms with Gasteiger partial charge in [0.05, 0.1) is 0 Å². The molecule has 4 heteroatoms. The number of piperazine rings is 1. The van der Waals surface area contributed by atoms with Crippen LogP contribution in [0.5, 0.6) is 0 Å². The third kappa shape index (κ3) is 1.30. The monoisotopic (exact) mass is 167 g/mol. The lowest BCUT2D eigenvalue weighted by molar-refractivity contribution is 0.410. The van der Waals surface area contributed by atoms with Crippen molar-refractivity contribution in [2.24, 2.45) is 0 Å². The molecular formula is C8H13N3O. The van der Waals surface area contributed by atoms with Gasteiger partial charge in [0.2, 0.25) is 0 Å². The Bertz CT molecular complexity index is 234. The number of nitrogens with one attached hydrogen (secondary N) is 1. The van der Waals surface area contributed by atoms with Crippen LogP contribution in [-0.4, -0.2) is 30.8 Å². The van der Waals surface area contributed by atoms with E-state index in [9.17, 15) is 0 Å². The second-order valence-corrected chi connectivity index (χ2v) is 3.10. The molecule has 0 amide bonds. The fraction of sp³-hybridized carbons (Fsp3) is 0.625. The van der Waals surface area contributed by atoms with Crippen molar-refractivity contribution in [3.8, 4) is 0 Å². The molecule has 2 heterocycles. The molecule has 0 saturated carbocycles. The maximum Gasteiger partial charge on any atom is 0.172 e. The topological polar surface area (TPSA) is 41.3 Å². The van der Waals surface area contributed by atoms with Crippen molar-refractivity contribution < 1.29 is 4.52 Å². The van der Waals surface area contributed by atoms with Gasteiger partial charge in [0.25, 0.3) is 0 Å². The molecule has 12 heavy (non-hydrogen) atoms. The summed E-state index contributed by atoms with van der Waals surface area (Å²) >= 11 is 0. The van der Waals surface area contributed by atoms with Gasteiger partial charge in [-0.1, -0.05) is 5.16 Å². The zero-order valence-electron chi connectivity index (χ0n) is 7.16. The minimum absolute atomic E-state index is 0.504. The van der Waals surface area contributed by atoms with Crippen LogP contribution in [-0.2, 0) is 0 Å². The quantitative estimate of drug-likeness (QED) is 0.660. The second kappa shape index (κ2) is 3.15. The first-order valence-electron chi connectivity index (χ1n) is 4.25. The lowest BCUT2D eigenvalue weighted by atomic mass is 10.2. The largest absolute Gasteiger partial charge is 0.363 e. The van der Waals surface area contributed by atoms with Gasteiger partial charge in [-0.25, -0.2) is 0 Å². The van der Waals surface area contributed by atoms with E-state index in [1.165, 1.54) is 0 Å². The highest BCUT2D eigenvalue weighted by Crippen LogP contribution is 2.14. The van der Waals surface area contributed by atoms with E-state index in [0.29, 0.717) is 6.04 Å². The van der Waals surface area contributed by atoms with Crippen LogP contribution in [0.15, 0.2) is 16.9 Å². The van der Waals surface area contributed by atoms with Gasteiger partial charge >= 0.3 is 0 Å². The van der Waals surface area contributed by atoms with Gasteiger partial charge in [-0.2, -0.15) is 0 Å². The Hall–Kier alpha value is -1.03. The fourth-order valence-electron chi connectivity index (χ4n) is 1.54. The van der Waals surface area contributed by atoms with Crippen molar-refractivity contribution in [2.75, 3.05) is 24.5 Å². The third-order valence-corrected chi connectivity index (χ3v) is 2.22. The van der Waals surface area contributed by atoms with Crippen molar-refractivity contribution in [3.05, 3.63) is 12.3 Å². The number of aromatic nitrogens is 1. The summed E-state index contributed by atoms with van der Waals surface area (Å²) in [5, 5.41) is 7.24. The summed E-state index contributed by atoms with van der Waals surface area (Å²) in [6.45, 7) is 5.23. The molecule has 1 fully saturated rings. The first-order valence-corrected chi connectivity index (χ1v) is 4.25. The standard InChI is InChI=1S/C8H13N3O/c1-7-6-9-3-4-11(7)8-2-5-12-10-8/h2,5,7,9H,3-4,6H2,1H3. The molecule has 0 bridgehead atoms. The molecule has 0 aliphatic carbocycles. The molecule has 1 unspecified atom stereocenters. The Morgan fingerprint density at radius 3 is 3.33 bits per heavy atom. The molecule has 1 N–H and O–H groups in total. The maximum absolute atomic E-state index is 4.80. The summed E-state index contributed by atoms with van der Waals surface area (Å²) in [6.07, 6.45) is 1.62. The van der Waals surface area contributed by atoms with Gasteiger partial charge in [-0.05, 0) is 6.92 Å². The predicted octanol–water partition coefficient (Wildman–Crippen LogP) is 0.473. The molecule has 0 radical (unpaired) electrons. The van der Waals surface area contributed by atoms with Gasteiger partial charge in [-0.3, -0.25) is 0 Å². The Morgan fingerprint density at radius 1 is 1.75 bits per heavy atom. The lowest BCUT2D eigenvalue weighted by Gasteiger charge is -2.33. The Balaban J connectivity index is 2.11. The van der Waals surface area contributed by atoms with Crippen LogP contribution in [0.1, 0.15) is 6.92 Å². The van der Waals surface area contributed by atoms with Crippen molar-refractivity contribution in [1.82, 2.24) is 10.5 Å². The number of nitrogens with zero attached hydrogens (tertiary/aromatic N) is 2. The smallest absolute Gasteiger partial charge is 0.172 e. The van der Waals surface area contributed by atoms with E-state index in [1.807, 2.05) is 6.07 Å². The Morgan fingerprint density at radius 2 is 2.67 bits per heavy atom. The molecule has 66 valence electrons. The summed E-state index contributed by atoms with van der Waals surface area (Å²) in [4.78, 5) is 2.25. The van der Waals surface area contributed by atoms with E-state index in [2.05, 4.69) is 22.3 Å². The molecule has 1 aromatic rings. The van der Waals surface area contributed by atoms with Crippen LogP contribution in [0.4, 0.5) is 5.82 Å². The van der Waals surface area contributed by atoms with E-state index in [1.54, 1.807) is 6.26 Å². The van der Waals surface area contributed by atoms with Gasteiger partial charge in [0.15, 0.2) is 5.82 Å². The normalized spacial score (nSPS) is 24.4. The Labute approximate surface area is 71.5 Å². The van der Waals surface area contributed by atoms with Gasteiger partial charge in [0, 0.05) is 31.7 Å². The molecule has 0 spiro atoms. The Kier molecular flexibility index (Phi) is 1.99. The zero-order chi connectivity index (χ0) is 8.39. The molecule has 1 saturated heterocycles. The van der Waals surface area contributed by atoms with E-state index in [0.717, 1.165) is 25.5 Å². The summed E-state index contributed by atoms with van der Waals surface area (Å²) in [6, 6.07) is 2.41. The van der Waals surface area contributed by atoms with E-state index >= 15 is 0 Å². The maximum atomic E-state index is 4.80.